The molecule has 2 aromatic carbocycles. The van der Waals surface area contributed by atoms with Gasteiger partial charge in [-0.3, -0.25) is 9.78 Å². The number of anilines is 2. The summed E-state index contributed by atoms with van der Waals surface area (Å²) in [5, 5.41) is 6.32. The first-order valence-electron chi connectivity index (χ1n) is 12.4. The summed E-state index contributed by atoms with van der Waals surface area (Å²) in [6, 6.07) is 4.77. The Morgan fingerprint density at radius 3 is 2.57 bits per heavy atom. The van der Waals surface area contributed by atoms with E-state index in [-0.39, 0.29) is 11.6 Å². The van der Waals surface area contributed by atoms with Crippen LogP contribution in [0.1, 0.15) is 35.3 Å². The van der Waals surface area contributed by atoms with E-state index >= 15 is 0 Å². The van der Waals surface area contributed by atoms with E-state index in [1.54, 1.807) is 25.3 Å². The second kappa shape index (κ2) is 10.9. The predicted octanol–water partition coefficient (Wildman–Crippen LogP) is 3.49. The Balaban J connectivity index is 1.55. The van der Waals surface area contributed by atoms with Crippen LogP contribution in [-0.4, -0.2) is 73.3 Å². The lowest BCUT2D eigenvalue weighted by atomic mass is 10.0. The van der Waals surface area contributed by atoms with Crippen molar-refractivity contribution >= 4 is 28.4 Å². The van der Waals surface area contributed by atoms with Crippen molar-refractivity contribution in [2.45, 2.75) is 19.4 Å². The first kappa shape index (κ1) is 25.2. The first-order chi connectivity index (χ1) is 17.9. The summed E-state index contributed by atoms with van der Waals surface area (Å²) in [6.07, 6.45) is 2.54. The van der Waals surface area contributed by atoms with Crippen LogP contribution in [0.2, 0.25) is 0 Å². The number of halogens is 3. The fraction of sp³-hybridized carbons (Fsp3) is 0.423. The fourth-order valence-electron chi connectivity index (χ4n) is 4.73. The van der Waals surface area contributed by atoms with E-state index in [1.807, 2.05) is 4.90 Å². The number of carbonyl (C=O) groups is 1. The van der Waals surface area contributed by atoms with Crippen molar-refractivity contribution in [3.8, 4) is 0 Å². The standard InChI is InChI=1S/C26H29F3N6O2/c1-16(32-18-13-20(27)24(29)21(28)14-18)19-11-17(26(36)35-5-2-3-30-4-6-35)12-22-25(19)33-23(15-31-22)34-7-9-37-10-8-34/h11-16,30,32H,2-10H2,1H3. The minimum absolute atomic E-state index is 0.0738. The molecule has 0 saturated carbocycles. The van der Waals surface area contributed by atoms with E-state index in [4.69, 9.17) is 9.72 Å². The van der Waals surface area contributed by atoms with E-state index in [1.165, 1.54) is 0 Å². The zero-order valence-electron chi connectivity index (χ0n) is 20.6. The Labute approximate surface area is 212 Å². The Morgan fingerprint density at radius 2 is 1.81 bits per heavy atom. The molecule has 1 amide bonds. The fourth-order valence-corrected chi connectivity index (χ4v) is 4.73. The van der Waals surface area contributed by atoms with Crippen molar-refractivity contribution in [1.29, 1.82) is 0 Å². The molecule has 1 aromatic heterocycles. The molecule has 5 rings (SSSR count). The van der Waals surface area contributed by atoms with Crippen LogP contribution in [0.5, 0.6) is 0 Å². The Morgan fingerprint density at radius 1 is 1.05 bits per heavy atom. The monoisotopic (exact) mass is 514 g/mol. The summed E-state index contributed by atoms with van der Waals surface area (Å²) in [5.41, 5.74) is 2.28. The van der Waals surface area contributed by atoms with Gasteiger partial charge in [-0.1, -0.05) is 0 Å². The highest BCUT2D eigenvalue weighted by atomic mass is 19.2. The molecule has 8 nitrogen and oxygen atoms in total. The molecule has 2 fully saturated rings. The third-order valence-electron chi connectivity index (χ3n) is 6.71. The average Bonchev–Trinajstić information content (AvgIpc) is 3.20. The molecule has 3 aromatic rings. The van der Waals surface area contributed by atoms with Crippen LogP contribution in [0.3, 0.4) is 0 Å². The summed E-state index contributed by atoms with van der Waals surface area (Å²) in [4.78, 5) is 26.8. The van der Waals surface area contributed by atoms with Gasteiger partial charge < -0.3 is 25.2 Å². The minimum Gasteiger partial charge on any atom is -0.378 e. The first-order valence-corrected chi connectivity index (χ1v) is 12.4. The number of amides is 1. The maximum absolute atomic E-state index is 13.9. The second-order valence-electron chi connectivity index (χ2n) is 9.28. The van der Waals surface area contributed by atoms with Crippen LogP contribution in [0.25, 0.3) is 11.0 Å². The molecule has 2 saturated heterocycles. The maximum Gasteiger partial charge on any atom is 0.253 e. The van der Waals surface area contributed by atoms with E-state index < -0.39 is 23.5 Å². The van der Waals surface area contributed by atoms with Crippen LogP contribution in [0, 0.1) is 17.5 Å². The van der Waals surface area contributed by atoms with Gasteiger partial charge in [-0.05, 0) is 32.0 Å². The molecule has 0 spiro atoms. The van der Waals surface area contributed by atoms with E-state index in [2.05, 4.69) is 20.5 Å². The molecule has 2 N–H and O–H groups in total. The number of carbonyl (C=O) groups excluding carboxylic acids is 1. The van der Waals surface area contributed by atoms with E-state index in [0.717, 1.165) is 25.1 Å². The molecule has 2 aliphatic rings. The largest absolute Gasteiger partial charge is 0.378 e. The van der Waals surface area contributed by atoms with Gasteiger partial charge in [-0.25, -0.2) is 18.2 Å². The Bertz CT molecular complexity index is 1270. The lowest BCUT2D eigenvalue weighted by molar-refractivity contribution is 0.0766. The maximum atomic E-state index is 13.9. The van der Waals surface area contributed by atoms with Crippen LogP contribution >= 0.6 is 0 Å². The molecule has 196 valence electrons. The van der Waals surface area contributed by atoms with Crippen LogP contribution in [0.4, 0.5) is 24.7 Å². The number of morpholine rings is 1. The van der Waals surface area contributed by atoms with Crippen LogP contribution in [0.15, 0.2) is 30.5 Å². The van der Waals surface area contributed by atoms with Gasteiger partial charge in [-0.15, -0.1) is 0 Å². The minimum atomic E-state index is -1.52. The predicted molar refractivity (Wildman–Crippen MR) is 134 cm³/mol. The summed E-state index contributed by atoms with van der Waals surface area (Å²) in [5.74, 6) is -3.53. The molecule has 1 atom stereocenters. The highest BCUT2D eigenvalue weighted by Gasteiger charge is 2.23. The van der Waals surface area contributed by atoms with Gasteiger partial charge in [0, 0.05) is 61.7 Å². The smallest absolute Gasteiger partial charge is 0.253 e. The van der Waals surface area contributed by atoms with E-state index in [9.17, 15) is 18.0 Å². The van der Waals surface area contributed by atoms with Crippen LogP contribution < -0.4 is 15.5 Å². The van der Waals surface area contributed by atoms with Crippen molar-refractivity contribution in [1.82, 2.24) is 20.2 Å². The zero-order valence-corrected chi connectivity index (χ0v) is 20.6. The summed E-state index contributed by atoms with van der Waals surface area (Å²) < 4.78 is 46.7. The molecule has 2 aliphatic heterocycles. The van der Waals surface area contributed by atoms with Gasteiger partial charge in [0.2, 0.25) is 0 Å². The number of aromatic nitrogens is 2. The molecule has 1 unspecified atom stereocenters. The molecule has 11 heteroatoms. The highest BCUT2D eigenvalue weighted by Crippen LogP contribution is 2.30. The van der Waals surface area contributed by atoms with Crippen molar-refractivity contribution in [2.24, 2.45) is 0 Å². The van der Waals surface area contributed by atoms with Gasteiger partial charge >= 0.3 is 0 Å². The summed E-state index contributed by atoms with van der Waals surface area (Å²) in [6.45, 7) is 7.13. The Kier molecular flexibility index (Phi) is 7.43. The average molecular weight is 515 g/mol. The van der Waals surface area contributed by atoms with Gasteiger partial charge in [0.1, 0.15) is 5.82 Å². The highest BCUT2D eigenvalue weighted by molar-refractivity contribution is 5.98. The normalized spacial score (nSPS) is 17.5. The quantitative estimate of drug-likeness (QED) is 0.505. The number of fused-ring (bicyclic) bond motifs is 1. The van der Waals surface area contributed by atoms with E-state index in [0.29, 0.717) is 73.9 Å². The molecular formula is C26H29F3N6O2. The van der Waals surface area contributed by atoms with Crippen molar-refractivity contribution < 1.29 is 22.7 Å². The number of benzene rings is 2. The van der Waals surface area contributed by atoms with Gasteiger partial charge in [-0.2, -0.15) is 0 Å². The zero-order chi connectivity index (χ0) is 25.9. The lowest BCUT2D eigenvalue weighted by Gasteiger charge is -2.28. The van der Waals surface area contributed by atoms with Crippen molar-refractivity contribution in [2.75, 3.05) is 62.7 Å². The molecule has 0 aliphatic carbocycles. The lowest BCUT2D eigenvalue weighted by Crippen LogP contribution is -2.36. The van der Waals surface area contributed by atoms with Gasteiger partial charge in [0.15, 0.2) is 17.5 Å². The van der Waals surface area contributed by atoms with Gasteiger partial charge in [0.25, 0.3) is 5.91 Å². The Hall–Kier alpha value is -3.44. The number of hydrogen-bond acceptors (Lipinski definition) is 7. The number of ether oxygens (including phenoxy) is 1. The third kappa shape index (κ3) is 5.47. The summed E-state index contributed by atoms with van der Waals surface area (Å²) in [7, 11) is 0. The van der Waals surface area contributed by atoms with Crippen LogP contribution in [-0.2, 0) is 4.74 Å². The SMILES string of the molecule is CC(Nc1cc(F)c(F)c(F)c1)c1cc(C(=O)N2CCCNCC2)cc2ncc(N3CCOCC3)nc12. The number of nitrogens with one attached hydrogen (secondary N) is 2. The number of hydrogen-bond donors (Lipinski definition) is 2. The number of nitrogens with zero attached hydrogens (tertiary/aromatic N) is 4. The van der Waals surface area contributed by atoms with Crippen molar-refractivity contribution in [3.05, 3.63) is 59.0 Å². The molecule has 0 bridgehead atoms. The number of rotatable bonds is 5. The second-order valence-corrected chi connectivity index (χ2v) is 9.28. The molecular weight excluding hydrogens is 485 g/mol. The molecule has 3 heterocycles. The molecule has 37 heavy (non-hydrogen) atoms. The third-order valence-corrected chi connectivity index (χ3v) is 6.71. The van der Waals surface area contributed by atoms with Gasteiger partial charge in [0.05, 0.1) is 36.5 Å². The molecule has 0 radical (unpaired) electrons. The van der Waals surface area contributed by atoms with Crippen molar-refractivity contribution in [3.63, 3.8) is 0 Å². The topological polar surface area (TPSA) is 82.6 Å². The summed E-state index contributed by atoms with van der Waals surface area (Å²) >= 11 is 0.